The van der Waals surface area contributed by atoms with Crippen LogP contribution in [-0.4, -0.2) is 35.7 Å². The molecule has 2 heteroatoms. The Balaban J connectivity index is 2.54. The second-order valence-electron chi connectivity index (χ2n) is 5.02. The maximum Gasteiger partial charge on any atom is 0.0746 e. The van der Waals surface area contributed by atoms with E-state index in [-0.39, 0.29) is 11.5 Å². The molecule has 0 amide bonds. The van der Waals surface area contributed by atoms with Gasteiger partial charge in [-0.15, -0.1) is 0 Å². The van der Waals surface area contributed by atoms with Gasteiger partial charge in [-0.05, 0) is 38.3 Å². The number of likely N-dealkylation sites (N-methyl/N-ethyl adjacent to an activating group) is 1. The van der Waals surface area contributed by atoms with Crippen LogP contribution in [0.4, 0.5) is 0 Å². The molecule has 2 atom stereocenters. The molecule has 0 aromatic carbocycles. The molecule has 1 aliphatic rings. The summed E-state index contributed by atoms with van der Waals surface area (Å²) in [5.41, 5.74) is 0.118. The van der Waals surface area contributed by atoms with Crippen LogP contribution in [0.3, 0.4) is 0 Å². The summed E-state index contributed by atoms with van der Waals surface area (Å²) < 4.78 is 0. The number of aliphatic hydroxyl groups is 1. The smallest absolute Gasteiger partial charge is 0.0746 e. The van der Waals surface area contributed by atoms with E-state index in [4.69, 9.17) is 0 Å². The minimum Gasteiger partial charge on any atom is -0.391 e. The number of rotatable bonds is 3. The third-order valence-corrected chi connectivity index (χ3v) is 3.39. The first-order chi connectivity index (χ1) is 5.99. The second kappa shape index (κ2) is 3.97. The maximum absolute atomic E-state index is 10.1. The Bertz CT molecular complexity index is 167. The van der Waals surface area contributed by atoms with Crippen molar-refractivity contribution in [2.24, 2.45) is 5.41 Å². The molecule has 2 nitrogen and oxygen atoms in total. The molecule has 2 unspecified atom stereocenters. The van der Waals surface area contributed by atoms with Crippen LogP contribution >= 0.6 is 0 Å². The van der Waals surface area contributed by atoms with Gasteiger partial charge >= 0.3 is 0 Å². The van der Waals surface area contributed by atoms with Crippen LogP contribution in [0.5, 0.6) is 0 Å². The molecule has 0 radical (unpaired) electrons. The molecule has 0 heterocycles. The van der Waals surface area contributed by atoms with Crippen LogP contribution < -0.4 is 0 Å². The predicted molar refractivity (Wildman–Crippen MR) is 55.7 cm³/mol. The number of nitrogens with zero attached hydrogens (tertiary/aromatic N) is 1. The lowest BCUT2D eigenvalue weighted by molar-refractivity contribution is 0.0233. The van der Waals surface area contributed by atoms with Crippen LogP contribution in [0.1, 0.15) is 40.0 Å². The second-order valence-corrected chi connectivity index (χ2v) is 5.02. The highest BCUT2D eigenvalue weighted by atomic mass is 16.3. The molecule has 0 aromatic heterocycles. The molecule has 0 aliphatic heterocycles. The van der Waals surface area contributed by atoms with E-state index in [2.05, 4.69) is 32.7 Å². The fraction of sp³-hybridized carbons (Fsp3) is 1.00. The normalized spacial score (nSPS) is 32.8. The summed E-state index contributed by atoms with van der Waals surface area (Å²) in [4.78, 5) is 2.30. The Morgan fingerprint density at radius 1 is 1.46 bits per heavy atom. The Kier molecular flexibility index (Phi) is 3.36. The van der Waals surface area contributed by atoms with Crippen molar-refractivity contribution in [2.45, 2.75) is 52.2 Å². The lowest BCUT2D eigenvalue weighted by atomic mass is 9.88. The van der Waals surface area contributed by atoms with E-state index >= 15 is 0 Å². The van der Waals surface area contributed by atoms with Crippen molar-refractivity contribution < 1.29 is 5.11 Å². The van der Waals surface area contributed by atoms with E-state index in [0.29, 0.717) is 6.04 Å². The van der Waals surface area contributed by atoms with Crippen LogP contribution in [0.2, 0.25) is 0 Å². The first kappa shape index (κ1) is 11.0. The molecule has 1 aliphatic carbocycles. The third kappa shape index (κ3) is 2.23. The zero-order valence-corrected chi connectivity index (χ0v) is 9.38. The van der Waals surface area contributed by atoms with Gasteiger partial charge in [-0.3, -0.25) is 0 Å². The molecular weight excluding hydrogens is 162 g/mol. The van der Waals surface area contributed by atoms with Crippen molar-refractivity contribution >= 4 is 0 Å². The fourth-order valence-electron chi connectivity index (χ4n) is 2.33. The Labute approximate surface area is 81.9 Å². The topological polar surface area (TPSA) is 23.5 Å². The van der Waals surface area contributed by atoms with Crippen LogP contribution in [0.25, 0.3) is 0 Å². The lowest BCUT2D eigenvalue weighted by Gasteiger charge is -2.31. The summed E-state index contributed by atoms with van der Waals surface area (Å²) in [5.74, 6) is 0. The quantitative estimate of drug-likeness (QED) is 0.725. The Morgan fingerprint density at radius 2 is 2.08 bits per heavy atom. The van der Waals surface area contributed by atoms with Crippen molar-refractivity contribution in [3.63, 3.8) is 0 Å². The van der Waals surface area contributed by atoms with E-state index in [0.717, 1.165) is 19.4 Å². The van der Waals surface area contributed by atoms with Gasteiger partial charge in [0.05, 0.1) is 6.10 Å². The fourth-order valence-corrected chi connectivity index (χ4v) is 2.33. The summed E-state index contributed by atoms with van der Waals surface area (Å²) in [6.07, 6.45) is 3.31. The summed E-state index contributed by atoms with van der Waals surface area (Å²) in [6, 6.07) is 0.384. The molecule has 1 N–H and O–H groups in total. The summed E-state index contributed by atoms with van der Waals surface area (Å²) >= 11 is 0. The van der Waals surface area contributed by atoms with Gasteiger partial charge in [0, 0.05) is 6.04 Å². The van der Waals surface area contributed by atoms with Crippen molar-refractivity contribution in [3.8, 4) is 0 Å². The van der Waals surface area contributed by atoms with Gasteiger partial charge in [0.2, 0.25) is 0 Å². The number of hydrogen-bond donors (Lipinski definition) is 1. The van der Waals surface area contributed by atoms with E-state index in [1.54, 1.807) is 0 Å². The van der Waals surface area contributed by atoms with Gasteiger partial charge < -0.3 is 10.0 Å². The van der Waals surface area contributed by atoms with Crippen LogP contribution in [-0.2, 0) is 0 Å². The van der Waals surface area contributed by atoms with Crippen LogP contribution in [0, 0.1) is 5.41 Å². The van der Waals surface area contributed by atoms with Gasteiger partial charge in [0.25, 0.3) is 0 Å². The maximum atomic E-state index is 10.1. The highest BCUT2D eigenvalue weighted by Gasteiger charge is 2.42. The van der Waals surface area contributed by atoms with Gasteiger partial charge in [0.1, 0.15) is 0 Å². The molecule has 0 bridgehead atoms. The van der Waals surface area contributed by atoms with Gasteiger partial charge in [-0.1, -0.05) is 20.8 Å². The average molecular weight is 185 g/mol. The standard InChI is InChI=1S/C11H23NO/c1-5-8-12(4)9-6-7-11(2,3)10(9)13/h9-10,13H,5-8H2,1-4H3. The zero-order chi connectivity index (χ0) is 10.1. The van der Waals surface area contributed by atoms with Gasteiger partial charge in [-0.25, -0.2) is 0 Å². The van der Waals surface area contributed by atoms with Crippen molar-refractivity contribution in [3.05, 3.63) is 0 Å². The molecule has 0 saturated heterocycles. The third-order valence-electron chi connectivity index (χ3n) is 3.39. The Morgan fingerprint density at radius 3 is 2.46 bits per heavy atom. The average Bonchev–Trinajstić information content (AvgIpc) is 2.28. The first-order valence-electron chi connectivity index (χ1n) is 5.37. The SMILES string of the molecule is CCCN(C)C1CCC(C)(C)C1O. The highest BCUT2D eigenvalue weighted by Crippen LogP contribution is 2.39. The zero-order valence-electron chi connectivity index (χ0n) is 9.38. The van der Waals surface area contributed by atoms with E-state index < -0.39 is 0 Å². The number of hydrogen-bond acceptors (Lipinski definition) is 2. The highest BCUT2D eigenvalue weighted by molar-refractivity contribution is 4.95. The van der Waals surface area contributed by atoms with Crippen LogP contribution in [0.15, 0.2) is 0 Å². The molecule has 13 heavy (non-hydrogen) atoms. The molecule has 0 spiro atoms. The van der Waals surface area contributed by atoms with E-state index in [9.17, 15) is 5.11 Å². The number of aliphatic hydroxyl groups excluding tert-OH is 1. The summed E-state index contributed by atoms with van der Waals surface area (Å²) in [7, 11) is 2.12. The van der Waals surface area contributed by atoms with Gasteiger partial charge in [0.15, 0.2) is 0 Å². The molecular formula is C11H23NO. The molecule has 1 rings (SSSR count). The minimum absolute atomic E-state index is 0.118. The molecule has 1 saturated carbocycles. The Hall–Kier alpha value is -0.0800. The van der Waals surface area contributed by atoms with Gasteiger partial charge in [-0.2, -0.15) is 0 Å². The summed E-state index contributed by atoms with van der Waals surface area (Å²) in [6.45, 7) is 7.61. The van der Waals surface area contributed by atoms with E-state index in [1.165, 1.54) is 6.42 Å². The predicted octanol–water partition coefficient (Wildman–Crippen LogP) is 1.88. The molecule has 1 fully saturated rings. The minimum atomic E-state index is -0.149. The monoisotopic (exact) mass is 185 g/mol. The summed E-state index contributed by atoms with van der Waals surface area (Å²) in [5, 5.41) is 10.1. The van der Waals surface area contributed by atoms with E-state index in [1.807, 2.05) is 0 Å². The van der Waals surface area contributed by atoms with Crippen molar-refractivity contribution in [1.82, 2.24) is 4.90 Å². The largest absolute Gasteiger partial charge is 0.391 e. The molecule has 0 aromatic rings. The lowest BCUT2D eigenvalue weighted by Crippen LogP contribution is -2.42. The van der Waals surface area contributed by atoms with Crippen molar-refractivity contribution in [1.29, 1.82) is 0 Å². The van der Waals surface area contributed by atoms with Crippen molar-refractivity contribution in [2.75, 3.05) is 13.6 Å². The molecule has 78 valence electrons. The first-order valence-corrected chi connectivity index (χ1v) is 5.37.